The molecule has 3 aromatic rings. The summed E-state index contributed by atoms with van der Waals surface area (Å²) in [5.74, 6) is 0.907. The first-order valence-electron chi connectivity index (χ1n) is 8.31. The van der Waals surface area contributed by atoms with Crippen LogP contribution in [-0.2, 0) is 17.9 Å². The van der Waals surface area contributed by atoms with Gasteiger partial charge in [0.1, 0.15) is 12.3 Å². The molecular weight excluding hydrogens is 338 g/mol. The summed E-state index contributed by atoms with van der Waals surface area (Å²) in [5.41, 5.74) is 1.97. The number of hydrogen-bond donors (Lipinski definition) is 0. The van der Waals surface area contributed by atoms with Crippen LogP contribution in [0.1, 0.15) is 24.3 Å². The average Bonchev–Trinajstić information content (AvgIpc) is 3.33. The van der Waals surface area contributed by atoms with Crippen molar-refractivity contribution in [2.45, 2.75) is 32.1 Å². The molecule has 1 aliphatic heterocycles. The Hall–Kier alpha value is -2.16. The number of thiophene rings is 1. The molecule has 1 fully saturated rings. The Kier molecular flexibility index (Phi) is 5.10. The summed E-state index contributed by atoms with van der Waals surface area (Å²) in [7, 11) is 0. The number of hydrogen-bond acceptors (Lipinski definition) is 8. The van der Waals surface area contributed by atoms with E-state index < -0.39 is 0 Å². The number of nitrogens with zero attached hydrogens (tertiary/aromatic N) is 5. The highest BCUT2D eigenvalue weighted by Crippen LogP contribution is 2.19. The van der Waals surface area contributed by atoms with Gasteiger partial charge in [0.25, 0.3) is 5.89 Å². The van der Waals surface area contributed by atoms with Crippen LogP contribution in [0.15, 0.2) is 39.9 Å². The summed E-state index contributed by atoms with van der Waals surface area (Å²) in [5, 5.41) is 8.27. The molecule has 0 saturated carbocycles. The van der Waals surface area contributed by atoms with Gasteiger partial charge in [-0.2, -0.15) is 16.3 Å². The zero-order valence-electron chi connectivity index (χ0n) is 13.7. The second-order valence-corrected chi connectivity index (χ2v) is 6.82. The molecule has 25 heavy (non-hydrogen) atoms. The van der Waals surface area contributed by atoms with Gasteiger partial charge >= 0.3 is 0 Å². The lowest BCUT2D eigenvalue weighted by atomic mass is 10.1. The number of likely N-dealkylation sites (tertiary alicyclic amines) is 1. The summed E-state index contributed by atoms with van der Waals surface area (Å²) in [4.78, 5) is 14.9. The normalized spacial score (nSPS) is 18.5. The Morgan fingerprint density at radius 2 is 2.36 bits per heavy atom. The monoisotopic (exact) mass is 357 g/mol. The molecule has 3 aromatic heterocycles. The van der Waals surface area contributed by atoms with E-state index in [0.717, 1.165) is 32.5 Å². The first-order chi connectivity index (χ1) is 12.4. The molecule has 4 heterocycles. The van der Waals surface area contributed by atoms with Crippen LogP contribution < -0.4 is 0 Å². The lowest BCUT2D eigenvalue weighted by Gasteiger charge is -2.32. The molecule has 0 spiro atoms. The topological polar surface area (TPSA) is 77.2 Å². The van der Waals surface area contributed by atoms with Crippen molar-refractivity contribution in [2.75, 3.05) is 13.1 Å². The first-order valence-corrected chi connectivity index (χ1v) is 9.25. The van der Waals surface area contributed by atoms with Crippen molar-refractivity contribution < 1.29 is 9.26 Å². The number of piperidine rings is 1. The van der Waals surface area contributed by atoms with Gasteiger partial charge in [0.15, 0.2) is 0 Å². The van der Waals surface area contributed by atoms with E-state index >= 15 is 0 Å². The Labute approximate surface area is 149 Å². The van der Waals surface area contributed by atoms with Crippen LogP contribution >= 0.6 is 11.3 Å². The van der Waals surface area contributed by atoms with Crippen molar-refractivity contribution in [2.24, 2.45) is 0 Å². The molecule has 8 heteroatoms. The van der Waals surface area contributed by atoms with Crippen molar-refractivity contribution in [3.05, 3.63) is 46.9 Å². The van der Waals surface area contributed by atoms with Gasteiger partial charge in [-0.1, -0.05) is 5.16 Å². The largest absolute Gasteiger partial charge is 0.367 e. The average molecular weight is 357 g/mol. The van der Waals surface area contributed by atoms with Crippen LogP contribution in [0.4, 0.5) is 0 Å². The Morgan fingerprint density at radius 1 is 1.36 bits per heavy atom. The minimum atomic E-state index is 0.194. The fourth-order valence-corrected chi connectivity index (χ4v) is 3.61. The number of aromatic nitrogens is 4. The van der Waals surface area contributed by atoms with Crippen LogP contribution in [-0.4, -0.2) is 44.2 Å². The van der Waals surface area contributed by atoms with Gasteiger partial charge in [0.2, 0.25) is 5.82 Å². The standard InChI is InChI=1S/C17H19N5O2S/c1-2-14(10-22(6-1)9-13-3-7-25-12-13)23-11-16-20-17(21-24-16)15-8-18-4-5-19-15/h3-5,7-8,12,14H,1-2,6,9-11H2. The lowest BCUT2D eigenvalue weighted by molar-refractivity contribution is -0.0210. The molecule has 1 saturated heterocycles. The maximum absolute atomic E-state index is 6.00. The van der Waals surface area contributed by atoms with Gasteiger partial charge in [-0.25, -0.2) is 4.98 Å². The van der Waals surface area contributed by atoms with E-state index in [4.69, 9.17) is 9.26 Å². The zero-order valence-corrected chi connectivity index (χ0v) is 14.6. The van der Waals surface area contributed by atoms with Gasteiger partial charge < -0.3 is 9.26 Å². The third kappa shape index (κ3) is 4.28. The molecule has 1 unspecified atom stereocenters. The minimum Gasteiger partial charge on any atom is -0.367 e. The lowest BCUT2D eigenvalue weighted by Crippen LogP contribution is -2.39. The minimum absolute atomic E-state index is 0.194. The zero-order chi connectivity index (χ0) is 16.9. The second-order valence-electron chi connectivity index (χ2n) is 6.04. The van der Waals surface area contributed by atoms with Gasteiger partial charge in [-0.15, -0.1) is 0 Å². The second kappa shape index (κ2) is 7.81. The van der Waals surface area contributed by atoms with Gasteiger partial charge in [0, 0.05) is 25.5 Å². The van der Waals surface area contributed by atoms with Crippen molar-refractivity contribution >= 4 is 11.3 Å². The van der Waals surface area contributed by atoms with E-state index in [-0.39, 0.29) is 6.10 Å². The molecule has 0 N–H and O–H groups in total. The highest BCUT2D eigenvalue weighted by atomic mass is 32.1. The Bertz CT molecular complexity index is 777. The van der Waals surface area contributed by atoms with E-state index in [2.05, 4.69) is 41.8 Å². The van der Waals surface area contributed by atoms with Crippen LogP contribution in [0.3, 0.4) is 0 Å². The molecule has 0 aromatic carbocycles. The van der Waals surface area contributed by atoms with E-state index in [0.29, 0.717) is 24.0 Å². The van der Waals surface area contributed by atoms with E-state index in [1.807, 2.05) is 0 Å². The van der Waals surface area contributed by atoms with Crippen LogP contribution in [0.25, 0.3) is 11.5 Å². The molecule has 0 radical (unpaired) electrons. The molecule has 4 rings (SSSR count). The summed E-state index contributed by atoms with van der Waals surface area (Å²) >= 11 is 1.74. The molecule has 1 atom stereocenters. The van der Waals surface area contributed by atoms with Crippen LogP contribution in [0, 0.1) is 0 Å². The predicted molar refractivity (Wildman–Crippen MR) is 92.7 cm³/mol. The van der Waals surface area contributed by atoms with Gasteiger partial charge in [-0.3, -0.25) is 9.88 Å². The predicted octanol–water partition coefficient (Wildman–Crippen LogP) is 2.77. The summed E-state index contributed by atoms with van der Waals surface area (Å²) in [6, 6.07) is 2.18. The van der Waals surface area contributed by atoms with E-state index in [1.54, 1.807) is 29.9 Å². The Balaban J connectivity index is 1.30. The summed E-state index contributed by atoms with van der Waals surface area (Å²) in [6.07, 6.45) is 7.22. The van der Waals surface area contributed by atoms with Gasteiger partial charge in [-0.05, 0) is 41.8 Å². The fraction of sp³-hybridized carbons (Fsp3) is 0.412. The van der Waals surface area contributed by atoms with Crippen molar-refractivity contribution in [1.82, 2.24) is 25.0 Å². The third-order valence-corrected chi connectivity index (χ3v) is 4.88. The SMILES string of the molecule is c1cnc(-c2noc(COC3CCCN(Cc4ccsc4)C3)n2)cn1. The van der Waals surface area contributed by atoms with Crippen LogP contribution in [0.5, 0.6) is 0 Å². The molecule has 130 valence electrons. The van der Waals surface area contributed by atoms with Crippen molar-refractivity contribution in [3.8, 4) is 11.5 Å². The molecule has 1 aliphatic rings. The van der Waals surface area contributed by atoms with Crippen molar-refractivity contribution in [3.63, 3.8) is 0 Å². The maximum atomic E-state index is 6.00. The molecular formula is C17H19N5O2S. The molecule has 0 aliphatic carbocycles. The van der Waals surface area contributed by atoms with Gasteiger partial charge in [0.05, 0.1) is 12.3 Å². The smallest absolute Gasteiger partial charge is 0.253 e. The number of ether oxygens (including phenoxy) is 1. The van der Waals surface area contributed by atoms with Crippen molar-refractivity contribution in [1.29, 1.82) is 0 Å². The highest BCUT2D eigenvalue weighted by molar-refractivity contribution is 7.07. The maximum Gasteiger partial charge on any atom is 0.253 e. The summed E-state index contributed by atoms with van der Waals surface area (Å²) < 4.78 is 11.3. The Morgan fingerprint density at radius 3 is 3.20 bits per heavy atom. The van der Waals surface area contributed by atoms with E-state index in [1.165, 1.54) is 5.56 Å². The number of rotatable bonds is 6. The highest BCUT2D eigenvalue weighted by Gasteiger charge is 2.21. The van der Waals surface area contributed by atoms with Crippen LogP contribution in [0.2, 0.25) is 0 Å². The quantitative estimate of drug-likeness (QED) is 0.671. The summed E-state index contributed by atoms with van der Waals surface area (Å²) in [6.45, 7) is 3.36. The fourth-order valence-electron chi connectivity index (χ4n) is 2.95. The third-order valence-electron chi connectivity index (χ3n) is 4.15. The van der Waals surface area contributed by atoms with E-state index in [9.17, 15) is 0 Å². The molecule has 7 nitrogen and oxygen atoms in total. The molecule has 0 bridgehead atoms. The first kappa shape index (κ1) is 16.3. The molecule has 0 amide bonds.